The van der Waals surface area contributed by atoms with Gasteiger partial charge in [0.05, 0.1) is 5.60 Å². The van der Waals surface area contributed by atoms with Crippen molar-refractivity contribution < 1.29 is 5.11 Å². The lowest BCUT2D eigenvalue weighted by molar-refractivity contribution is 0.0262. The molecule has 1 heterocycles. The molecule has 0 radical (unpaired) electrons. The molecule has 1 N–H and O–H groups in total. The highest BCUT2D eigenvalue weighted by Crippen LogP contribution is 2.48. The lowest BCUT2D eigenvalue weighted by Gasteiger charge is -2.23. The number of nitrogens with zero attached hydrogens (tertiary/aromatic N) is 1. The van der Waals surface area contributed by atoms with Crippen LogP contribution in [-0.2, 0) is 0 Å². The van der Waals surface area contributed by atoms with E-state index < -0.39 is 0 Å². The third-order valence-electron chi connectivity index (χ3n) is 4.02. The van der Waals surface area contributed by atoms with Crippen molar-refractivity contribution in [2.75, 3.05) is 6.54 Å². The Balaban J connectivity index is 1.73. The van der Waals surface area contributed by atoms with Crippen molar-refractivity contribution in [3.63, 3.8) is 0 Å². The van der Waals surface area contributed by atoms with Crippen molar-refractivity contribution in [1.82, 2.24) is 4.90 Å². The molecule has 2 heteroatoms. The highest BCUT2D eigenvalue weighted by molar-refractivity contribution is 5.06. The summed E-state index contributed by atoms with van der Waals surface area (Å²) in [5.74, 6) is 0.638. The molecule has 2 saturated carbocycles. The average Bonchev–Trinajstić information content (AvgIpc) is 2.94. The molecule has 0 aromatic carbocycles. The summed E-state index contributed by atoms with van der Waals surface area (Å²) < 4.78 is 0. The van der Waals surface area contributed by atoms with Crippen molar-refractivity contribution in [2.24, 2.45) is 5.92 Å². The number of hydrogen-bond acceptors (Lipinski definition) is 2. The normalized spacial score (nSPS) is 47.1. The first-order chi connectivity index (χ1) is 6.19. The Bertz CT molecular complexity index is 222. The van der Waals surface area contributed by atoms with Gasteiger partial charge in [0.25, 0.3) is 0 Å². The van der Waals surface area contributed by atoms with Crippen LogP contribution in [0.2, 0.25) is 0 Å². The summed E-state index contributed by atoms with van der Waals surface area (Å²) >= 11 is 0. The molecule has 2 nitrogen and oxygen atoms in total. The van der Waals surface area contributed by atoms with Gasteiger partial charge in [0.2, 0.25) is 0 Å². The molecule has 0 bridgehead atoms. The Morgan fingerprint density at radius 2 is 1.92 bits per heavy atom. The fourth-order valence-electron chi connectivity index (χ4n) is 2.98. The maximum absolute atomic E-state index is 10.4. The van der Waals surface area contributed by atoms with Crippen LogP contribution in [0.3, 0.4) is 0 Å². The van der Waals surface area contributed by atoms with E-state index in [1.54, 1.807) is 0 Å². The Morgan fingerprint density at radius 1 is 1.23 bits per heavy atom. The number of β-amino-alcohol motifs (C(OH)–C–C–N with tert-alkyl or cyclic N) is 1. The van der Waals surface area contributed by atoms with Gasteiger partial charge in [-0.15, -0.1) is 0 Å². The molecule has 0 aromatic heterocycles. The van der Waals surface area contributed by atoms with Crippen LogP contribution < -0.4 is 0 Å². The molecule has 0 spiro atoms. The second-order valence-electron chi connectivity index (χ2n) is 5.33. The zero-order valence-electron chi connectivity index (χ0n) is 8.37. The molecular weight excluding hydrogens is 162 g/mol. The van der Waals surface area contributed by atoms with Crippen LogP contribution in [0.25, 0.3) is 0 Å². The predicted octanol–water partition coefficient (Wildman–Crippen LogP) is 1.38. The third-order valence-corrected chi connectivity index (χ3v) is 4.02. The minimum absolute atomic E-state index is 0.304. The Hall–Kier alpha value is -0.0800. The number of likely N-dealkylation sites (tertiary alicyclic amines) is 1. The van der Waals surface area contributed by atoms with Crippen molar-refractivity contribution in [3.05, 3.63) is 0 Å². The molecule has 3 fully saturated rings. The van der Waals surface area contributed by atoms with Gasteiger partial charge in [-0.25, -0.2) is 0 Å². The Labute approximate surface area is 79.9 Å². The number of rotatable bonds is 2. The fraction of sp³-hybridized carbons (Fsp3) is 1.00. The number of aliphatic hydroxyl groups is 1. The standard InChI is InChI=1S/C11H19NO/c1-8-6-11(13,9-2-3-9)7-12(8)10-4-5-10/h8-10,13H,2-7H2,1H3. The van der Waals surface area contributed by atoms with Crippen LogP contribution in [0.15, 0.2) is 0 Å². The first kappa shape index (κ1) is 8.25. The summed E-state index contributed by atoms with van der Waals surface area (Å²) in [6, 6.07) is 1.45. The molecule has 13 heavy (non-hydrogen) atoms. The van der Waals surface area contributed by atoms with E-state index in [2.05, 4.69) is 11.8 Å². The molecule has 3 aliphatic rings. The molecule has 0 aromatic rings. The second-order valence-corrected chi connectivity index (χ2v) is 5.33. The summed E-state index contributed by atoms with van der Waals surface area (Å²) in [5.41, 5.74) is -0.304. The molecule has 2 atom stereocenters. The summed E-state index contributed by atoms with van der Waals surface area (Å²) in [6.45, 7) is 3.24. The maximum Gasteiger partial charge on any atom is 0.0817 e. The first-order valence-corrected chi connectivity index (χ1v) is 5.67. The topological polar surface area (TPSA) is 23.5 Å². The molecule has 1 aliphatic heterocycles. The van der Waals surface area contributed by atoms with Crippen molar-refractivity contribution in [1.29, 1.82) is 0 Å². The van der Waals surface area contributed by atoms with Gasteiger partial charge in [0, 0.05) is 18.6 Å². The van der Waals surface area contributed by atoms with E-state index in [4.69, 9.17) is 0 Å². The van der Waals surface area contributed by atoms with Gasteiger partial charge in [-0.3, -0.25) is 4.90 Å². The molecular formula is C11H19NO. The fourth-order valence-corrected chi connectivity index (χ4v) is 2.98. The summed E-state index contributed by atoms with van der Waals surface area (Å²) in [6.07, 6.45) is 6.29. The van der Waals surface area contributed by atoms with E-state index in [-0.39, 0.29) is 5.60 Å². The Kier molecular flexibility index (Phi) is 1.58. The van der Waals surface area contributed by atoms with Crippen LogP contribution in [0.1, 0.15) is 39.0 Å². The van der Waals surface area contributed by atoms with Gasteiger partial charge in [0.15, 0.2) is 0 Å². The maximum atomic E-state index is 10.4. The van der Waals surface area contributed by atoms with E-state index in [1.807, 2.05) is 0 Å². The monoisotopic (exact) mass is 181 g/mol. The second kappa shape index (κ2) is 2.48. The largest absolute Gasteiger partial charge is 0.388 e. The zero-order valence-corrected chi connectivity index (χ0v) is 8.37. The smallest absolute Gasteiger partial charge is 0.0817 e. The summed E-state index contributed by atoms with van der Waals surface area (Å²) in [7, 11) is 0. The van der Waals surface area contributed by atoms with Crippen LogP contribution in [0.4, 0.5) is 0 Å². The molecule has 2 aliphatic carbocycles. The molecule has 0 amide bonds. The highest BCUT2D eigenvalue weighted by Gasteiger charge is 2.52. The lowest BCUT2D eigenvalue weighted by atomic mass is 9.95. The molecule has 3 rings (SSSR count). The van der Waals surface area contributed by atoms with E-state index >= 15 is 0 Å². The van der Waals surface area contributed by atoms with E-state index in [0.29, 0.717) is 12.0 Å². The van der Waals surface area contributed by atoms with Gasteiger partial charge >= 0.3 is 0 Å². The molecule has 2 unspecified atom stereocenters. The van der Waals surface area contributed by atoms with Gasteiger partial charge in [0.1, 0.15) is 0 Å². The minimum atomic E-state index is -0.304. The zero-order chi connectivity index (χ0) is 9.05. The van der Waals surface area contributed by atoms with Crippen LogP contribution in [-0.4, -0.2) is 34.2 Å². The Morgan fingerprint density at radius 3 is 2.46 bits per heavy atom. The summed E-state index contributed by atoms with van der Waals surface area (Å²) in [4.78, 5) is 2.54. The van der Waals surface area contributed by atoms with Crippen LogP contribution in [0.5, 0.6) is 0 Å². The predicted molar refractivity (Wildman–Crippen MR) is 51.5 cm³/mol. The average molecular weight is 181 g/mol. The van der Waals surface area contributed by atoms with Gasteiger partial charge in [-0.2, -0.15) is 0 Å². The lowest BCUT2D eigenvalue weighted by Crippen LogP contribution is -2.36. The molecule has 1 saturated heterocycles. The van der Waals surface area contributed by atoms with Crippen LogP contribution >= 0.6 is 0 Å². The first-order valence-electron chi connectivity index (χ1n) is 5.67. The van der Waals surface area contributed by atoms with Crippen molar-refractivity contribution >= 4 is 0 Å². The van der Waals surface area contributed by atoms with Gasteiger partial charge in [-0.1, -0.05) is 0 Å². The van der Waals surface area contributed by atoms with E-state index in [9.17, 15) is 5.11 Å². The van der Waals surface area contributed by atoms with Gasteiger partial charge in [-0.05, 0) is 44.9 Å². The van der Waals surface area contributed by atoms with Gasteiger partial charge < -0.3 is 5.11 Å². The van der Waals surface area contributed by atoms with Crippen LogP contribution in [0, 0.1) is 5.92 Å². The van der Waals surface area contributed by atoms with Crippen molar-refractivity contribution in [2.45, 2.75) is 56.7 Å². The summed E-state index contributed by atoms with van der Waals surface area (Å²) in [5, 5.41) is 10.4. The molecule has 74 valence electrons. The highest BCUT2D eigenvalue weighted by atomic mass is 16.3. The number of hydrogen-bond donors (Lipinski definition) is 1. The quantitative estimate of drug-likeness (QED) is 0.695. The third kappa shape index (κ3) is 1.31. The van der Waals surface area contributed by atoms with E-state index in [0.717, 1.165) is 19.0 Å². The van der Waals surface area contributed by atoms with Crippen molar-refractivity contribution in [3.8, 4) is 0 Å². The van der Waals surface area contributed by atoms with E-state index in [1.165, 1.54) is 25.7 Å². The SMILES string of the molecule is CC1CC(O)(C2CC2)CN1C1CC1. The minimum Gasteiger partial charge on any atom is -0.388 e.